The molecule has 1 aliphatic heterocycles. The van der Waals surface area contributed by atoms with Gasteiger partial charge in [-0.2, -0.15) is 0 Å². The molecule has 0 aliphatic carbocycles. The monoisotopic (exact) mass is 528 g/mol. The topological polar surface area (TPSA) is 106 Å². The number of aliphatic hydroxyl groups is 1. The molecule has 2 aromatic carbocycles. The summed E-state index contributed by atoms with van der Waals surface area (Å²) in [6.45, 7) is 7.97. The number of carbonyl (C=O) groups excluding carboxylic acids is 3. The van der Waals surface area contributed by atoms with Crippen LogP contribution in [0.15, 0.2) is 66.4 Å². The number of aliphatic hydroxyl groups excluding tert-OH is 1. The third kappa shape index (κ3) is 5.27. The molecule has 1 aromatic heterocycles. The number of Topliss-reactive ketones (excluding diaryl/α,β-unsaturated/α-hetero) is 1. The quantitative estimate of drug-likeness (QED) is 0.173. The molecule has 8 heteroatoms. The molecule has 1 fully saturated rings. The van der Waals surface area contributed by atoms with Crippen molar-refractivity contribution in [1.29, 1.82) is 0 Å². The van der Waals surface area contributed by atoms with Gasteiger partial charge in [-0.1, -0.05) is 32.9 Å². The Hall–Kier alpha value is -4.46. The van der Waals surface area contributed by atoms with Crippen molar-refractivity contribution in [3.63, 3.8) is 0 Å². The highest BCUT2D eigenvalue weighted by Gasteiger charge is 2.48. The van der Waals surface area contributed by atoms with Crippen LogP contribution in [0.1, 0.15) is 71.9 Å². The molecule has 1 atom stereocenters. The van der Waals surface area contributed by atoms with E-state index in [2.05, 4.69) is 4.98 Å². The third-order valence-electron chi connectivity index (χ3n) is 6.66. The van der Waals surface area contributed by atoms with E-state index in [0.717, 1.165) is 5.56 Å². The van der Waals surface area contributed by atoms with Gasteiger partial charge in [-0.15, -0.1) is 0 Å². The number of nitrogens with zero attached hydrogens (tertiary/aromatic N) is 2. The number of ether oxygens (including phenoxy) is 2. The smallest absolute Gasteiger partial charge is 0.338 e. The number of benzene rings is 2. The first kappa shape index (κ1) is 27.6. The van der Waals surface area contributed by atoms with Crippen LogP contribution in [0.2, 0.25) is 0 Å². The van der Waals surface area contributed by atoms with Crippen LogP contribution in [-0.2, 0) is 14.3 Å². The lowest BCUT2D eigenvalue weighted by Crippen LogP contribution is -2.30. The van der Waals surface area contributed by atoms with Crippen LogP contribution in [-0.4, -0.2) is 41.5 Å². The molecule has 0 saturated carbocycles. The third-order valence-corrected chi connectivity index (χ3v) is 6.66. The first-order chi connectivity index (χ1) is 18.7. The highest BCUT2D eigenvalue weighted by atomic mass is 16.5. The van der Waals surface area contributed by atoms with Gasteiger partial charge in [-0.25, -0.2) is 4.79 Å². The fraction of sp³-hybridized carbons (Fsp3) is 0.290. The largest absolute Gasteiger partial charge is 0.507 e. The molecule has 0 bridgehead atoms. The molecule has 1 amide bonds. The van der Waals surface area contributed by atoms with E-state index in [4.69, 9.17) is 9.47 Å². The Balaban J connectivity index is 1.91. The molecular formula is C31H32N2O6. The second-order valence-corrected chi connectivity index (χ2v) is 9.67. The van der Waals surface area contributed by atoms with Crippen molar-refractivity contribution < 1.29 is 29.0 Å². The number of aryl methyl sites for hydroxylation is 1. The maximum absolute atomic E-state index is 13.5. The van der Waals surface area contributed by atoms with Gasteiger partial charge in [0.1, 0.15) is 17.6 Å². The number of ketones is 1. The van der Waals surface area contributed by atoms with E-state index in [1.807, 2.05) is 26.8 Å². The number of amides is 1. The average Bonchev–Trinajstić information content (AvgIpc) is 3.21. The van der Waals surface area contributed by atoms with Gasteiger partial charge in [0.25, 0.3) is 11.7 Å². The molecule has 0 spiro atoms. The molecule has 39 heavy (non-hydrogen) atoms. The van der Waals surface area contributed by atoms with Crippen molar-refractivity contribution in [1.82, 2.24) is 4.98 Å². The van der Waals surface area contributed by atoms with E-state index in [1.54, 1.807) is 62.7 Å². The number of anilines is 1. The van der Waals surface area contributed by atoms with Crippen molar-refractivity contribution in [2.45, 2.75) is 46.1 Å². The van der Waals surface area contributed by atoms with E-state index >= 15 is 0 Å². The first-order valence-corrected chi connectivity index (χ1v) is 12.9. The summed E-state index contributed by atoms with van der Waals surface area (Å²) < 4.78 is 10.8. The summed E-state index contributed by atoms with van der Waals surface area (Å²) >= 11 is 0. The van der Waals surface area contributed by atoms with Crippen LogP contribution >= 0.6 is 0 Å². The molecule has 1 N–H and O–H groups in total. The number of methoxy groups -OCH3 is 1. The van der Waals surface area contributed by atoms with Crippen molar-refractivity contribution in [2.75, 3.05) is 18.6 Å². The van der Waals surface area contributed by atoms with Gasteiger partial charge in [0.2, 0.25) is 0 Å². The van der Waals surface area contributed by atoms with Gasteiger partial charge in [0.15, 0.2) is 0 Å². The zero-order chi connectivity index (χ0) is 28.3. The number of hydrogen-bond donors (Lipinski definition) is 1. The van der Waals surface area contributed by atoms with Gasteiger partial charge >= 0.3 is 5.97 Å². The average molecular weight is 529 g/mol. The van der Waals surface area contributed by atoms with Gasteiger partial charge < -0.3 is 14.6 Å². The molecule has 8 nitrogen and oxygen atoms in total. The summed E-state index contributed by atoms with van der Waals surface area (Å²) in [6, 6.07) is 14.1. The van der Waals surface area contributed by atoms with Gasteiger partial charge in [-0.3, -0.25) is 19.5 Å². The fourth-order valence-corrected chi connectivity index (χ4v) is 4.70. The summed E-state index contributed by atoms with van der Waals surface area (Å²) in [5.74, 6) is -1.75. The van der Waals surface area contributed by atoms with E-state index in [0.29, 0.717) is 34.7 Å². The lowest BCUT2D eigenvalue weighted by Gasteiger charge is -2.25. The zero-order valence-electron chi connectivity index (χ0n) is 22.7. The molecule has 1 saturated heterocycles. The predicted molar refractivity (Wildman–Crippen MR) is 148 cm³/mol. The Morgan fingerprint density at radius 1 is 1.10 bits per heavy atom. The van der Waals surface area contributed by atoms with Crippen LogP contribution in [0.3, 0.4) is 0 Å². The van der Waals surface area contributed by atoms with E-state index < -0.39 is 23.7 Å². The summed E-state index contributed by atoms with van der Waals surface area (Å²) in [6.07, 6.45) is 2.23. The number of hydrogen-bond acceptors (Lipinski definition) is 7. The maximum Gasteiger partial charge on any atom is 0.338 e. The summed E-state index contributed by atoms with van der Waals surface area (Å²) in [5, 5.41) is 11.6. The minimum atomic E-state index is -1.02. The first-order valence-electron chi connectivity index (χ1n) is 12.9. The molecule has 2 heterocycles. The summed E-state index contributed by atoms with van der Waals surface area (Å²) in [5.41, 5.74) is 2.83. The Kier molecular flexibility index (Phi) is 8.14. The van der Waals surface area contributed by atoms with Crippen LogP contribution in [0.5, 0.6) is 5.75 Å². The van der Waals surface area contributed by atoms with E-state index in [1.165, 1.54) is 11.0 Å². The molecule has 202 valence electrons. The second kappa shape index (κ2) is 11.5. The van der Waals surface area contributed by atoms with Crippen molar-refractivity contribution in [2.24, 2.45) is 0 Å². The number of aromatic nitrogens is 1. The number of carbonyl (C=O) groups is 3. The maximum atomic E-state index is 13.5. The molecule has 4 rings (SSSR count). The van der Waals surface area contributed by atoms with Crippen LogP contribution < -0.4 is 9.64 Å². The Bertz CT molecular complexity index is 1440. The second-order valence-electron chi connectivity index (χ2n) is 9.67. The Labute approximate surface area is 227 Å². The standard InChI is InChI=1S/C31H32N2O6/c1-6-14-39-31(37)20-10-9-11-21(16-20)33-27(24-12-7-8-13-32-24)26(29(35)30(33)36)28(34)23-17-22(18(2)3)25(38-5)15-19(23)4/h7-13,15-18,27,34H,6,14H2,1-5H3/b28-26+. The van der Waals surface area contributed by atoms with Gasteiger partial charge in [-0.05, 0) is 72.9 Å². The highest BCUT2D eigenvalue weighted by molar-refractivity contribution is 6.51. The van der Waals surface area contributed by atoms with Gasteiger partial charge in [0.05, 0.1) is 30.5 Å². The van der Waals surface area contributed by atoms with Crippen molar-refractivity contribution in [3.05, 3.63) is 94.3 Å². The van der Waals surface area contributed by atoms with Crippen LogP contribution in [0, 0.1) is 6.92 Å². The highest BCUT2D eigenvalue weighted by Crippen LogP contribution is 2.43. The fourth-order valence-electron chi connectivity index (χ4n) is 4.70. The number of esters is 1. The SMILES string of the molecule is CCCOC(=O)c1cccc(N2C(=O)C(=O)/C(=C(/O)c3cc(C(C)C)c(OC)cc3C)C2c2ccccn2)c1. The molecule has 3 aromatic rings. The molecule has 0 radical (unpaired) electrons. The lowest BCUT2D eigenvalue weighted by atomic mass is 9.92. The normalized spacial score (nSPS) is 16.6. The number of pyridine rings is 1. The van der Waals surface area contributed by atoms with Crippen molar-refractivity contribution >= 4 is 29.1 Å². The minimum absolute atomic E-state index is 0.0799. The minimum Gasteiger partial charge on any atom is -0.507 e. The lowest BCUT2D eigenvalue weighted by molar-refractivity contribution is -0.132. The molecule has 1 aliphatic rings. The van der Waals surface area contributed by atoms with Crippen LogP contribution in [0.4, 0.5) is 5.69 Å². The van der Waals surface area contributed by atoms with E-state index in [-0.39, 0.29) is 29.4 Å². The molecule has 1 unspecified atom stereocenters. The predicted octanol–water partition coefficient (Wildman–Crippen LogP) is 5.72. The zero-order valence-corrected chi connectivity index (χ0v) is 22.7. The Morgan fingerprint density at radius 3 is 2.51 bits per heavy atom. The van der Waals surface area contributed by atoms with E-state index in [9.17, 15) is 19.5 Å². The summed E-state index contributed by atoms with van der Waals surface area (Å²) in [7, 11) is 1.58. The van der Waals surface area contributed by atoms with Gasteiger partial charge in [0, 0.05) is 17.4 Å². The Morgan fingerprint density at radius 2 is 1.87 bits per heavy atom. The molecular weight excluding hydrogens is 496 g/mol. The number of rotatable bonds is 8. The summed E-state index contributed by atoms with van der Waals surface area (Å²) in [4.78, 5) is 45.3. The van der Waals surface area contributed by atoms with Crippen LogP contribution in [0.25, 0.3) is 5.76 Å². The van der Waals surface area contributed by atoms with Crippen molar-refractivity contribution in [3.8, 4) is 5.75 Å².